The molecule has 1 amide bonds. The average Bonchev–Trinajstić information content (AvgIpc) is 3.35. The SMILES string of the molecule is COP(=O)(O)OP(=O)(O)OP(=O)(O)OC[C@H]1O[C@@H](c2ccccc2)CC1OC(CCNC(=O)C(C)(C)OCCOC(C)(C)C)N=[N+]=[N-]. The Hall–Kier alpha value is -1.75. The first kappa shape index (κ1) is 41.4. The molecular formula is C25H43N4O15P3. The lowest BCUT2D eigenvalue weighted by atomic mass is 10.0. The van der Waals surface area contributed by atoms with Crippen LogP contribution in [0.2, 0.25) is 0 Å². The number of nitrogens with zero attached hydrogens (tertiary/aromatic N) is 3. The van der Waals surface area contributed by atoms with Crippen LogP contribution in [0.15, 0.2) is 35.4 Å². The van der Waals surface area contributed by atoms with E-state index in [1.54, 1.807) is 44.2 Å². The third-order valence-corrected chi connectivity index (χ3v) is 10.5. The molecule has 1 aliphatic heterocycles. The minimum Gasteiger partial charge on any atom is -0.373 e. The molecule has 1 aromatic carbocycles. The minimum absolute atomic E-state index is 0.0202. The van der Waals surface area contributed by atoms with Gasteiger partial charge in [0.15, 0.2) is 0 Å². The predicted octanol–water partition coefficient (Wildman–Crippen LogP) is 4.65. The molecule has 1 aromatic rings. The van der Waals surface area contributed by atoms with Crippen molar-refractivity contribution in [3.63, 3.8) is 0 Å². The first-order valence-corrected chi connectivity index (χ1v) is 18.7. The van der Waals surface area contributed by atoms with Crippen molar-refractivity contribution in [1.29, 1.82) is 0 Å². The lowest BCUT2D eigenvalue weighted by molar-refractivity contribution is -0.146. The second-order valence-electron chi connectivity index (χ2n) is 11.6. The summed E-state index contributed by atoms with van der Waals surface area (Å²) in [6.45, 7) is 8.63. The van der Waals surface area contributed by atoms with Crippen LogP contribution < -0.4 is 5.32 Å². The topological polar surface area (TPSA) is 264 Å². The Labute approximate surface area is 272 Å². The molecule has 1 saturated heterocycles. The van der Waals surface area contributed by atoms with Crippen LogP contribution in [0.3, 0.4) is 0 Å². The molecule has 0 saturated carbocycles. The lowest BCUT2D eigenvalue weighted by Crippen LogP contribution is -2.45. The summed E-state index contributed by atoms with van der Waals surface area (Å²) in [6.07, 6.45) is -3.58. The van der Waals surface area contributed by atoms with E-state index in [0.717, 1.165) is 5.56 Å². The number of ether oxygens (including phenoxy) is 4. The van der Waals surface area contributed by atoms with Crippen LogP contribution in [0.4, 0.5) is 0 Å². The highest BCUT2D eigenvalue weighted by Crippen LogP contribution is 2.67. The summed E-state index contributed by atoms with van der Waals surface area (Å²) in [5.74, 6) is -0.431. The minimum atomic E-state index is -5.62. The second kappa shape index (κ2) is 17.8. The van der Waals surface area contributed by atoms with E-state index in [2.05, 4.69) is 28.5 Å². The average molecular weight is 733 g/mol. The van der Waals surface area contributed by atoms with Crippen molar-refractivity contribution >= 4 is 29.4 Å². The highest BCUT2D eigenvalue weighted by Gasteiger charge is 2.44. The van der Waals surface area contributed by atoms with E-state index in [4.69, 9.17) is 29.0 Å². The van der Waals surface area contributed by atoms with Crippen LogP contribution in [0.1, 0.15) is 59.1 Å². The molecule has 5 unspecified atom stereocenters. The van der Waals surface area contributed by atoms with Gasteiger partial charge < -0.3 is 38.9 Å². The van der Waals surface area contributed by atoms with Gasteiger partial charge in [0.1, 0.15) is 17.9 Å². The summed E-state index contributed by atoms with van der Waals surface area (Å²) < 4.78 is 75.9. The first-order chi connectivity index (χ1) is 21.7. The summed E-state index contributed by atoms with van der Waals surface area (Å²) in [7, 11) is -15.4. The number of hydrogen-bond donors (Lipinski definition) is 4. The maximum absolute atomic E-state index is 12.8. The number of phosphoric ester groups is 2. The van der Waals surface area contributed by atoms with Gasteiger partial charge in [-0.1, -0.05) is 35.4 Å². The van der Waals surface area contributed by atoms with E-state index < -0.39 is 66.1 Å². The number of nitrogens with one attached hydrogen (secondary N) is 1. The molecule has 7 atom stereocenters. The molecule has 0 bridgehead atoms. The Kier molecular flexibility index (Phi) is 15.7. The molecule has 268 valence electrons. The summed E-state index contributed by atoms with van der Waals surface area (Å²) in [5, 5.41) is 6.36. The van der Waals surface area contributed by atoms with Crippen LogP contribution in [0.25, 0.3) is 10.4 Å². The van der Waals surface area contributed by atoms with Crippen LogP contribution in [0, 0.1) is 0 Å². The molecule has 22 heteroatoms. The molecule has 1 heterocycles. The third-order valence-electron chi connectivity index (χ3n) is 6.23. The maximum Gasteiger partial charge on any atom is 0.490 e. The zero-order valence-corrected chi connectivity index (χ0v) is 29.5. The highest BCUT2D eigenvalue weighted by atomic mass is 31.3. The molecule has 2 rings (SSSR count). The van der Waals surface area contributed by atoms with Gasteiger partial charge in [-0.15, -0.1) is 0 Å². The van der Waals surface area contributed by atoms with Crippen molar-refractivity contribution < 1.29 is 69.8 Å². The van der Waals surface area contributed by atoms with Crippen LogP contribution >= 0.6 is 23.5 Å². The van der Waals surface area contributed by atoms with Gasteiger partial charge in [-0.3, -0.25) is 13.8 Å². The zero-order chi connectivity index (χ0) is 35.5. The van der Waals surface area contributed by atoms with E-state index in [-0.39, 0.29) is 38.2 Å². The number of rotatable bonds is 20. The smallest absolute Gasteiger partial charge is 0.373 e. The monoisotopic (exact) mass is 732 g/mol. The quantitative estimate of drug-likeness (QED) is 0.0467. The molecule has 0 spiro atoms. The lowest BCUT2D eigenvalue weighted by Gasteiger charge is -2.26. The van der Waals surface area contributed by atoms with Gasteiger partial charge in [0.2, 0.25) is 0 Å². The van der Waals surface area contributed by atoms with E-state index in [9.17, 15) is 33.2 Å². The van der Waals surface area contributed by atoms with Gasteiger partial charge in [0.25, 0.3) is 5.91 Å². The van der Waals surface area contributed by atoms with E-state index in [1.165, 1.54) is 0 Å². The van der Waals surface area contributed by atoms with E-state index in [1.807, 2.05) is 20.8 Å². The number of phosphoric acid groups is 3. The van der Waals surface area contributed by atoms with Crippen LogP contribution in [-0.4, -0.2) is 83.7 Å². The van der Waals surface area contributed by atoms with Gasteiger partial charge in [-0.2, -0.15) is 8.62 Å². The Balaban J connectivity index is 2.06. The first-order valence-electron chi connectivity index (χ1n) is 14.3. The summed E-state index contributed by atoms with van der Waals surface area (Å²) >= 11 is 0. The van der Waals surface area contributed by atoms with Gasteiger partial charge in [0.05, 0.1) is 37.6 Å². The van der Waals surface area contributed by atoms with Crippen LogP contribution in [-0.2, 0) is 55.1 Å². The standard InChI is InChI=1S/C25H43N4O15P3/c1-24(2,3)38-14-15-39-25(4,5)23(30)27-13-12-22(28-29-26)42-20-16-19(18-10-8-7-9-11-18)41-21(20)17-40-46(33,34)44-47(35,36)43-45(31,32)37-6/h7-11,19-22H,12-17H2,1-6H3,(H,27,30)(H,31,32)(H,33,34)(H,35,36)/t19-,20?,21-,22?/m1/s1. The number of carbonyl (C=O) groups is 1. The Bertz CT molecular complexity index is 1360. The zero-order valence-electron chi connectivity index (χ0n) is 26.9. The molecule has 4 N–H and O–H groups in total. The van der Waals surface area contributed by atoms with Crippen molar-refractivity contribution in [3.8, 4) is 0 Å². The second-order valence-corrected chi connectivity index (χ2v) is 16.3. The molecule has 1 fully saturated rings. The van der Waals surface area contributed by atoms with Gasteiger partial charge in [-0.25, -0.2) is 13.7 Å². The van der Waals surface area contributed by atoms with E-state index >= 15 is 0 Å². The fourth-order valence-corrected chi connectivity index (χ4v) is 7.30. The fraction of sp³-hybridized carbons (Fsp3) is 0.720. The van der Waals surface area contributed by atoms with Gasteiger partial charge >= 0.3 is 23.5 Å². The van der Waals surface area contributed by atoms with Crippen molar-refractivity contribution in [2.45, 2.75) is 83.2 Å². The summed E-state index contributed by atoms with van der Waals surface area (Å²) in [5.41, 5.74) is 8.32. The molecule has 0 aromatic heterocycles. The number of amides is 1. The summed E-state index contributed by atoms with van der Waals surface area (Å²) in [4.78, 5) is 44.4. The number of azide groups is 1. The van der Waals surface area contributed by atoms with Crippen molar-refractivity contribution in [2.24, 2.45) is 5.11 Å². The van der Waals surface area contributed by atoms with Gasteiger partial charge in [0, 0.05) is 25.0 Å². The highest BCUT2D eigenvalue weighted by molar-refractivity contribution is 7.66. The molecule has 47 heavy (non-hydrogen) atoms. The maximum atomic E-state index is 12.8. The largest absolute Gasteiger partial charge is 0.490 e. The summed E-state index contributed by atoms with van der Waals surface area (Å²) in [6, 6.07) is 8.86. The number of hydrogen-bond acceptors (Lipinski definition) is 13. The number of benzene rings is 1. The van der Waals surface area contributed by atoms with E-state index in [0.29, 0.717) is 7.11 Å². The number of carbonyl (C=O) groups excluding carboxylic acids is 1. The molecule has 0 radical (unpaired) electrons. The Morgan fingerprint density at radius 3 is 2.26 bits per heavy atom. The predicted molar refractivity (Wildman–Crippen MR) is 164 cm³/mol. The molecule has 19 nitrogen and oxygen atoms in total. The third kappa shape index (κ3) is 15.6. The van der Waals surface area contributed by atoms with Crippen molar-refractivity contribution in [1.82, 2.24) is 5.32 Å². The Morgan fingerprint density at radius 2 is 1.66 bits per heavy atom. The van der Waals surface area contributed by atoms with Crippen molar-refractivity contribution in [3.05, 3.63) is 46.3 Å². The van der Waals surface area contributed by atoms with Gasteiger partial charge in [-0.05, 0) is 52.1 Å². The molecule has 0 aliphatic carbocycles. The van der Waals surface area contributed by atoms with Crippen molar-refractivity contribution in [2.75, 3.05) is 33.5 Å². The normalized spacial score (nSPS) is 23.1. The molecule has 1 aliphatic rings. The fourth-order valence-electron chi connectivity index (χ4n) is 4.03. The molecular weight excluding hydrogens is 689 g/mol. The van der Waals surface area contributed by atoms with Crippen LogP contribution in [0.5, 0.6) is 0 Å². The Morgan fingerprint density at radius 1 is 1.04 bits per heavy atom.